The second-order valence-corrected chi connectivity index (χ2v) is 7.49. The van der Waals surface area contributed by atoms with Crippen LogP contribution in [0.1, 0.15) is 41.1 Å². The van der Waals surface area contributed by atoms with E-state index in [0.717, 1.165) is 25.0 Å². The Kier molecular flexibility index (Phi) is 7.60. The molecule has 0 aromatic heterocycles. The number of hydrogen-bond donors (Lipinski definition) is 3. The number of phenolic OH excluding ortho intramolecular Hbond substituents is 3. The van der Waals surface area contributed by atoms with Crippen LogP contribution in [-0.2, 0) is 19.0 Å². The summed E-state index contributed by atoms with van der Waals surface area (Å²) < 4.78 is 15.0. The van der Waals surface area contributed by atoms with Crippen LogP contribution in [0.2, 0.25) is 0 Å². The predicted molar refractivity (Wildman–Crippen MR) is 114 cm³/mol. The summed E-state index contributed by atoms with van der Waals surface area (Å²) in [5.74, 6) is -4.33. The molecule has 3 N–H and O–H groups in total. The van der Waals surface area contributed by atoms with Crippen LogP contribution in [0.4, 0.5) is 4.79 Å². The molecular formula is C23H25NO9. The first-order valence-corrected chi connectivity index (χ1v) is 10.3. The molecule has 0 aliphatic carbocycles. The maximum Gasteiger partial charge on any atom is 0.412 e. The minimum absolute atomic E-state index is 0.246. The summed E-state index contributed by atoms with van der Waals surface area (Å²) in [4.78, 5) is 38.9. The largest absolute Gasteiger partial charge is 0.504 e. The molecule has 0 radical (unpaired) electrons. The average molecular weight is 459 g/mol. The Bertz CT molecular complexity index is 985. The molecule has 2 aromatic rings. The van der Waals surface area contributed by atoms with Crippen molar-refractivity contribution in [3.05, 3.63) is 53.6 Å². The smallest absolute Gasteiger partial charge is 0.412 e. The minimum atomic E-state index is -0.986. The molecule has 0 saturated carbocycles. The molecule has 2 aromatic carbocycles. The van der Waals surface area contributed by atoms with E-state index in [1.807, 2.05) is 6.07 Å². The summed E-state index contributed by atoms with van der Waals surface area (Å²) in [6.45, 7) is -0.366. The van der Waals surface area contributed by atoms with Crippen molar-refractivity contribution in [3.8, 4) is 17.2 Å². The third-order valence-corrected chi connectivity index (χ3v) is 5.46. The number of phenols is 3. The molecule has 1 aliphatic heterocycles. The van der Waals surface area contributed by atoms with Crippen LogP contribution in [0, 0.1) is 0 Å². The molecular weight excluding hydrogens is 434 g/mol. The van der Waals surface area contributed by atoms with Crippen molar-refractivity contribution in [2.45, 2.75) is 31.2 Å². The van der Waals surface area contributed by atoms with Crippen LogP contribution >= 0.6 is 0 Å². The Labute approximate surface area is 189 Å². The van der Waals surface area contributed by atoms with Gasteiger partial charge in [0.1, 0.15) is 5.92 Å². The molecule has 1 amide bonds. The van der Waals surface area contributed by atoms with E-state index < -0.39 is 54.0 Å². The minimum Gasteiger partial charge on any atom is -0.504 e. The fraction of sp³-hybridized carbons (Fsp3) is 0.348. The normalized spacial score (nSPS) is 16.5. The van der Waals surface area contributed by atoms with E-state index in [1.165, 1.54) is 12.0 Å². The molecule has 3 rings (SSSR count). The molecule has 10 nitrogen and oxygen atoms in total. The third kappa shape index (κ3) is 5.46. The molecule has 2 atom stereocenters. The number of nitrogens with zero attached hydrogens (tertiary/aromatic N) is 1. The number of likely N-dealkylation sites (tertiary alicyclic amines) is 1. The highest BCUT2D eigenvalue weighted by Gasteiger charge is 2.39. The number of piperidine rings is 1. The number of benzene rings is 2. The zero-order chi connectivity index (χ0) is 24.0. The van der Waals surface area contributed by atoms with Crippen molar-refractivity contribution in [3.63, 3.8) is 0 Å². The van der Waals surface area contributed by atoms with Crippen molar-refractivity contribution in [1.29, 1.82) is 0 Å². The van der Waals surface area contributed by atoms with Gasteiger partial charge in [0.2, 0.25) is 6.79 Å². The molecule has 1 fully saturated rings. The summed E-state index contributed by atoms with van der Waals surface area (Å²) in [5, 5.41) is 28.4. The van der Waals surface area contributed by atoms with Crippen LogP contribution in [0.3, 0.4) is 0 Å². The topological polar surface area (TPSA) is 143 Å². The molecule has 176 valence electrons. The SMILES string of the molecule is COC(=O)C(c1ccccc1)C1CCCCN1C(=O)OCOC(=O)c1cc(O)c(O)c(O)c1. The zero-order valence-corrected chi connectivity index (χ0v) is 18.0. The van der Waals surface area contributed by atoms with Gasteiger partial charge < -0.3 is 34.4 Å². The van der Waals surface area contributed by atoms with E-state index in [2.05, 4.69) is 0 Å². The van der Waals surface area contributed by atoms with Gasteiger partial charge in [-0.05, 0) is 37.0 Å². The van der Waals surface area contributed by atoms with Gasteiger partial charge in [0.05, 0.1) is 18.7 Å². The van der Waals surface area contributed by atoms with Crippen LogP contribution in [0.25, 0.3) is 0 Å². The lowest BCUT2D eigenvalue weighted by atomic mass is 9.85. The maximum absolute atomic E-state index is 12.8. The summed E-state index contributed by atoms with van der Waals surface area (Å²) in [5.41, 5.74) is 0.469. The van der Waals surface area contributed by atoms with Crippen molar-refractivity contribution < 1.29 is 43.9 Å². The number of rotatable bonds is 6. The van der Waals surface area contributed by atoms with Crippen LogP contribution < -0.4 is 0 Å². The Hall–Kier alpha value is -3.95. The van der Waals surface area contributed by atoms with Gasteiger partial charge in [0.15, 0.2) is 17.2 Å². The summed E-state index contributed by atoms with van der Waals surface area (Å²) in [7, 11) is 1.29. The lowest BCUT2D eigenvalue weighted by Crippen LogP contribution is -2.49. The highest BCUT2D eigenvalue weighted by atomic mass is 16.7. The Balaban J connectivity index is 1.67. The molecule has 1 aliphatic rings. The molecule has 0 bridgehead atoms. The first kappa shape index (κ1) is 23.7. The highest BCUT2D eigenvalue weighted by molar-refractivity contribution is 5.91. The van der Waals surface area contributed by atoms with Gasteiger partial charge in [-0.25, -0.2) is 9.59 Å². The van der Waals surface area contributed by atoms with Crippen molar-refractivity contribution in [2.24, 2.45) is 0 Å². The zero-order valence-electron chi connectivity index (χ0n) is 18.0. The number of carbonyl (C=O) groups is 3. The standard InChI is InChI=1S/C23H25NO9/c1-31-22(29)19(14-7-3-2-4-8-14)16-9-5-6-10-24(16)23(30)33-13-32-21(28)15-11-17(25)20(27)18(26)12-15/h2-4,7-8,11-12,16,19,25-27H,5-6,9-10,13H2,1H3. The fourth-order valence-electron chi connectivity index (χ4n) is 3.85. The number of esters is 2. The lowest BCUT2D eigenvalue weighted by molar-refractivity contribution is -0.144. The second kappa shape index (κ2) is 10.6. The van der Waals surface area contributed by atoms with Gasteiger partial charge in [-0.2, -0.15) is 0 Å². The quantitative estimate of drug-likeness (QED) is 0.337. The third-order valence-electron chi connectivity index (χ3n) is 5.46. The molecule has 1 saturated heterocycles. The van der Waals surface area contributed by atoms with Crippen LogP contribution in [0.15, 0.2) is 42.5 Å². The van der Waals surface area contributed by atoms with Crippen LogP contribution in [-0.4, -0.2) is 64.7 Å². The second-order valence-electron chi connectivity index (χ2n) is 7.49. The monoisotopic (exact) mass is 459 g/mol. The van der Waals surface area contributed by atoms with Gasteiger partial charge in [-0.3, -0.25) is 4.79 Å². The highest BCUT2D eigenvalue weighted by Crippen LogP contribution is 2.35. The summed E-state index contributed by atoms with van der Waals surface area (Å²) in [6, 6.07) is 10.3. The van der Waals surface area contributed by atoms with Gasteiger partial charge in [0.25, 0.3) is 0 Å². The first-order valence-electron chi connectivity index (χ1n) is 10.3. The maximum atomic E-state index is 12.8. The molecule has 1 heterocycles. The average Bonchev–Trinajstić information content (AvgIpc) is 2.83. The van der Waals surface area contributed by atoms with Gasteiger partial charge in [-0.1, -0.05) is 30.3 Å². The van der Waals surface area contributed by atoms with Gasteiger partial charge in [-0.15, -0.1) is 0 Å². The van der Waals surface area contributed by atoms with Crippen LogP contribution in [0.5, 0.6) is 17.2 Å². The Morgan fingerprint density at radius 1 is 1.03 bits per heavy atom. The first-order chi connectivity index (χ1) is 15.8. The van der Waals surface area contributed by atoms with E-state index in [9.17, 15) is 29.7 Å². The van der Waals surface area contributed by atoms with Gasteiger partial charge >= 0.3 is 18.0 Å². The van der Waals surface area contributed by atoms with E-state index in [1.54, 1.807) is 24.3 Å². The molecule has 10 heteroatoms. The lowest BCUT2D eigenvalue weighted by Gasteiger charge is -2.38. The summed E-state index contributed by atoms with van der Waals surface area (Å²) in [6.07, 6.45) is 1.35. The number of amides is 1. The summed E-state index contributed by atoms with van der Waals surface area (Å²) >= 11 is 0. The Morgan fingerprint density at radius 3 is 2.33 bits per heavy atom. The number of hydrogen-bond acceptors (Lipinski definition) is 9. The molecule has 33 heavy (non-hydrogen) atoms. The van der Waals surface area contributed by atoms with Gasteiger partial charge in [0, 0.05) is 6.54 Å². The molecule has 2 unspecified atom stereocenters. The van der Waals surface area contributed by atoms with Crippen molar-refractivity contribution >= 4 is 18.0 Å². The predicted octanol–water partition coefficient (Wildman–Crippen LogP) is 2.87. The number of carbonyl (C=O) groups excluding carboxylic acids is 3. The van der Waals surface area contributed by atoms with Crippen molar-refractivity contribution in [2.75, 3.05) is 20.4 Å². The fourth-order valence-corrected chi connectivity index (χ4v) is 3.85. The van der Waals surface area contributed by atoms with E-state index in [4.69, 9.17) is 14.2 Å². The molecule has 0 spiro atoms. The number of ether oxygens (including phenoxy) is 3. The van der Waals surface area contributed by atoms with Crippen molar-refractivity contribution in [1.82, 2.24) is 4.90 Å². The number of aromatic hydroxyl groups is 3. The number of methoxy groups -OCH3 is 1. The Morgan fingerprint density at radius 2 is 1.70 bits per heavy atom. The van der Waals surface area contributed by atoms with E-state index in [0.29, 0.717) is 18.5 Å². The van der Waals surface area contributed by atoms with E-state index >= 15 is 0 Å². The van der Waals surface area contributed by atoms with E-state index in [-0.39, 0.29) is 5.56 Å².